The van der Waals surface area contributed by atoms with Crippen LogP contribution in [0.3, 0.4) is 0 Å². The van der Waals surface area contributed by atoms with Gasteiger partial charge in [-0.1, -0.05) is 21.6 Å². The average Bonchev–Trinajstić information content (AvgIpc) is 3.25. The van der Waals surface area contributed by atoms with Crippen molar-refractivity contribution in [1.29, 1.82) is 0 Å². The van der Waals surface area contributed by atoms with E-state index in [1.54, 1.807) is 0 Å². The summed E-state index contributed by atoms with van der Waals surface area (Å²) in [5.41, 5.74) is 0. The van der Waals surface area contributed by atoms with Gasteiger partial charge in [0.15, 0.2) is 0 Å². The summed E-state index contributed by atoms with van der Waals surface area (Å²) in [6.07, 6.45) is 4.00. The van der Waals surface area contributed by atoms with E-state index in [-0.39, 0.29) is 25.4 Å². The summed E-state index contributed by atoms with van der Waals surface area (Å²) in [6.45, 7) is 0.955. The average molecular weight is 455 g/mol. The van der Waals surface area contributed by atoms with Crippen molar-refractivity contribution in [2.45, 2.75) is 44.9 Å². The van der Waals surface area contributed by atoms with E-state index in [1.165, 1.54) is 21.6 Å². The van der Waals surface area contributed by atoms with E-state index < -0.39 is 17.8 Å². The molecule has 10 heteroatoms. The van der Waals surface area contributed by atoms with Crippen molar-refractivity contribution in [3.05, 3.63) is 0 Å². The van der Waals surface area contributed by atoms with Crippen LogP contribution in [0.2, 0.25) is 0 Å². The molecule has 1 saturated heterocycles. The maximum absolute atomic E-state index is 11.8. The van der Waals surface area contributed by atoms with Gasteiger partial charge >= 0.3 is 12.1 Å². The van der Waals surface area contributed by atoms with Gasteiger partial charge in [0.2, 0.25) is 0 Å². The minimum Gasteiger partial charge on any atom is -0.449 e. The van der Waals surface area contributed by atoms with Gasteiger partial charge in [-0.25, -0.2) is 9.59 Å². The van der Waals surface area contributed by atoms with Crippen molar-refractivity contribution in [3.63, 3.8) is 0 Å². The highest BCUT2D eigenvalue weighted by atomic mass is 33.1. The lowest BCUT2D eigenvalue weighted by Gasteiger charge is -2.12. The first-order valence-corrected chi connectivity index (χ1v) is 12.7. The highest BCUT2D eigenvalue weighted by Crippen LogP contribution is 2.52. The van der Waals surface area contributed by atoms with Gasteiger partial charge in [-0.2, -0.15) is 0 Å². The van der Waals surface area contributed by atoms with E-state index in [2.05, 4.69) is 17.2 Å². The Hall–Kier alpha value is -1.86. The zero-order valence-electron chi connectivity index (χ0n) is 16.7. The first-order valence-electron chi connectivity index (χ1n) is 10.2. The number of nitrogens with one attached hydrogen (secondary N) is 1. The molecule has 30 heavy (non-hydrogen) atoms. The SMILES string of the molecule is O=C(CCSSCCNC(=O)OCC1C2CCC#CCCC21)ON1C(=O)CCC1=O. The minimum atomic E-state index is -0.605. The first-order chi connectivity index (χ1) is 14.6. The van der Waals surface area contributed by atoms with Crippen LogP contribution >= 0.6 is 21.6 Å². The Labute approximate surface area is 183 Å². The molecule has 0 aromatic heterocycles. The topological polar surface area (TPSA) is 102 Å². The van der Waals surface area contributed by atoms with Crippen molar-refractivity contribution in [2.75, 3.05) is 24.7 Å². The highest BCUT2D eigenvalue weighted by molar-refractivity contribution is 8.76. The number of alkyl carbamates (subject to hydrolysis) is 1. The summed E-state index contributed by atoms with van der Waals surface area (Å²) in [5, 5.41) is 3.29. The number of rotatable bonds is 10. The number of carbonyl (C=O) groups excluding carboxylic acids is 4. The molecule has 3 amide bonds. The number of hydrogen-bond acceptors (Lipinski definition) is 8. The second-order valence-corrected chi connectivity index (χ2v) is 10.1. The lowest BCUT2D eigenvalue weighted by Crippen LogP contribution is -2.32. The molecule has 1 saturated carbocycles. The van der Waals surface area contributed by atoms with Crippen molar-refractivity contribution in [2.24, 2.45) is 17.8 Å². The number of amides is 3. The molecule has 3 aliphatic rings. The van der Waals surface area contributed by atoms with E-state index in [1.807, 2.05) is 0 Å². The Morgan fingerprint density at radius 2 is 1.67 bits per heavy atom. The molecular weight excluding hydrogens is 428 g/mol. The first kappa shape index (κ1) is 22.8. The van der Waals surface area contributed by atoms with Gasteiger partial charge in [-0.05, 0) is 30.6 Å². The lowest BCUT2D eigenvalue weighted by molar-refractivity contribution is -0.197. The summed E-state index contributed by atoms with van der Waals surface area (Å²) in [6, 6.07) is 0. The molecule has 0 radical (unpaired) electrons. The van der Waals surface area contributed by atoms with Crippen LogP contribution in [0.1, 0.15) is 44.9 Å². The molecule has 8 nitrogen and oxygen atoms in total. The molecule has 3 rings (SSSR count). The van der Waals surface area contributed by atoms with E-state index >= 15 is 0 Å². The van der Waals surface area contributed by atoms with Crippen LogP contribution < -0.4 is 5.32 Å². The molecule has 0 bridgehead atoms. The Morgan fingerprint density at radius 3 is 2.33 bits per heavy atom. The van der Waals surface area contributed by atoms with E-state index in [4.69, 9.17) is 9.57 Å². The van der Waals surface area contributed by atoms with Crippen molar-refractivity contribution in [1.82, 2.24) is 10.4 Å². The third-order valence-electron chi connectivity index (χ3n) is 5.37. The summed E-state index contributed by atoms with van der Waals surface area (Å²) in [5.74, 6) is 7.74. The van der Waals surface area contributed by atoms with Gasteiger partial charge < -0.3 is 14.9 Å². The van der Waals surface area contributed by atoms with E-state index in [0.29, 0.717) is 47.5 Å². The Bertz CT molecular complexity index is 701. The number of fused-ring (bicyclic) bond motifs is 1. The zero-order valence-corrected chi connectivity index (χ0v) is 18.4. The monoisotopic (exact) mass is 454 g/mol. The third-order valence-corrected chi connectivity index (χ3v) is 7.78. The molecule has 1 N–H and O–H groups in total. The largest absolute Gasteiger partial charge is 0.449 e. The fourth-order valence-corrected chi connectivity index (χ4v) is 5.63. The number of hydrogen-bond donors (Lipinski definition) is 1. The third kappa shape index (κ3) is 6.84. The second kappa shape index (κ2) is 11.5. The Morgan fingerprint density at radius 1 is 1.03 bits per heavy atom. The summed E-state index contributed by atoms with van der Waals surface area (Å²) in [4.78, 5) is 51.0. The van der Waals surface area contributed by atoms with Crippen LogP contribution in [-0.2, 0) is 24.0 Å². The quantitative estimate of drug-likeness (QED) is 0.233. The van der Waals surface area contributed by atoms with Gasteiger partial charge in [0.05, 0.1) is 13.0 Å². The normalized spacial score (nSPS) is 24.8. The molecule has 2 unspecified atom stereocenters. The maximum Gasteiger partial charge on any atom is 0.407 e. The fourth-order valence-electron chi connectivity index (χ4n) is 3.75. The smallest absolute Gasteiger partial charge is 0.407 e. The number of ether oxygens (including phenoxy) is 1. The van der Waals surface area contributed by atoms with Gasteiger partial charge in [-0.15, -0.1) is 16.9 Å². The predicted molar refractivity (Wildman–Crippen MR) is 113 cm³/mol. The van der Waals surface area contributed by atoms with Crippen LogP contribution in [0.5, 0.6) is 0 Å². The van der Waals surface area contributed by atoms with Crippen LogP contribution in [0.25, 0.3) is 0 Å². The number of imide groups is 1. The highest BCUT2D eigenvalue weighted by Gasteiger charge is 2.49. The van der Waals surface area contributed by atoms with E-state index in [0.717, 1.165) is 25.7 Å². The predicted octanol–water partition coefficient (Wildman–Crippen LogP) is 2.53. The summed E-state index contributed by atoms with van der Waals surface area (Å²) < 4.78 is 5.35. The van der Waals surface area contributed by atoms with Crippen LogP contribution in [0.4, 0.5) is 4.79 Å². The number of carbonyl (C=O) groups is 4. The zero-order chi connectivity index (χ0) is 21.3. The standard InChI is InChI=1S/C20H26N2O6S2/c23-17-7-8-18(24)22(17)28-19(25)9-11-29-30-12-10-21-20(26)27-13-16-14-5-3-1-2-4-6-15(14)16/h14-16H,3-13H2,(H,21,26). The lowest BCUT2D eigenvalue weighted by atomic mass is 10.1. The van der Waals surface area contributed by atoms with Gasteiger partial charge in [0.25, 0.3) is 11.8 Å². The second-order valence-electron chi connectivity index (χ2n) is 7.39. The summed E-state index contributed by atoms with van der Waals surface area (Å²) in [7, 11) is 2.98. The Kier molecular flexibility index (Phi) is 8.75. The van der Waals surface area contributed by atoms with Crippen molar-refractivity contribution >= 4 is 45.5 Å². The molecule has 0 aromatic carbocycles. The molecule has 0 aromatic rings. The molecule has 0 spiro atoms. The van der Waals surface area contributed by atoms with Crippen LogP contribution in [0.15, 0.2) is 0 Å². The van der Waals surface area contributed by atoms with Crippen LogP contribution in [0, 0.1) is 29.6 Å². The molecule has 164 valence electrons. The number of nitrogens with zero attached hydrogens (tertiary/aromatic N) is 1. The van der Waals surface area contributed by atoms with Gasteiger partial charge in [-0.3, -0.25) is 9.59 Å². The molecule has 1 aliphatic heterocycles. The molecule has 2 atom stereocenters. The minimum absolute atomic E-state index is 0.0862. The fraction of sp³-hybridized carbons (Fsp3) is 0.700. The van der Waals surface area contributed by atoms with Crippen molar-refractivity contribution < 1.29 is 28.8 Å². The molecule has 1 heterocycles. The number of hydroxylamine groups is 2. The van der Waals surface area contributed by atoms with E-state index in [9.17, 15) is 19.2 Å². The van der Waals surface area contributed by atoms with Crippen LogP contribution in [-0.4, -0.2) is 53.6 Å². The molecular formula is C20H26N2O6S2. The molecule has 2 aliphatic carbocycles. The molecule has 2 fully saturated rings. The maximum atomic E-state index is 11.8. The van der Waals surface area contributed by atoms with Crippen molar-refractivity contribution in [3.8, 4) is 11.8 Å². The van der Waals surface area contributed by atoms with Gasteiger partial charge in [0.1, 0.15) is 0 Å². The summed E-state index contributed by atoms with van der Waals surface area (Å²) >= 11 is 0. The van der Waals surface area contributed by atoms with Gasteiger partial charge in [0, 0.05) is 43.7 Å². The Balaban J connectivity index is 1.15.